The third-order valence-corrected chi connectivity index (χ3v) is 8.45. The maximum atomic E-state index is 14.0. The van der Waals surface area contributed by atoms with Crippen molar-refractivity contribution in [2.75, 3.05) is 20.3 Å². The molecule has 1 atom stereocenters. The molecule has 0 spiro atoms. The molecule has 3 heterocycles. The van der Waals surface area contributed by atoms with Crippen molar-refractivity contribution in [1.82, 2.24) is 9.13 Å². The first-order valence-corrected chi connectivity index (χ1v) is 14.8. The first-order chi connectivity index (χ1) is 20.2. The van der Waals surface area contributed by atoms with Crippen molar-refractivity contribution in [3.8, 4) is 17.2 Å². The largest absolute Gasteiger partial charge is 0.495 e. The number of nitrogens with zero attached hydrogens (tertiary/aromatic N) is 3. The van der Waals surface area contributed by atoms with E-state index in [1.807, 2.05) is 75.4 Å². The third-order valence-electron chi connectivity index (χ3n) is 7.17. The van der Waals surface area contributed by atoms with E-state index in [2.05, 4.69) is 9.56 Å². The van der Waals surface area contributed by atoms with Crippen LogP contribution in [0.4, 0.5) is 0 Å². The number of ether oxygens (including phenoxy) is 3. The molecule has 1 aliphatic heterocycles. The number of esters is 1. The number of aryl methyl sites for hydroxylation is 1. The van der Waals surface area contributed by atoms with Gasteiger partial charge in [0.25, 0.3) is 5.56 Å². The minimum Gasteiger partial charge on any atom is -0.495 e. The van der Waals surface area contributed by atoms with Gasteiger partial charge in [-0.15, -0.1) is 0 Å². The van der Waals surface area contributed by atoms with Gasteiger partial charge in [0.15, 0.2) is 4.80 Å². The van der Waals surface area contributed by atoms with E-state index >= 15 is 0 Å². The molecule has 8 nitrogen and oxygen atoms in total. The van der Waals surface area contributed by atoms with Crippen molar-refractivity contribution in [2.24, 2.45) is 4.99 Å². The molecule has 2 aromatic heterocycles. The van der Waals surface area contributed by atoms with E-state index in [0.717, 1.165) is 28.2 Å². The Morgan fingerprint density at radius 3 is 2.45 bits per heavy atom. The molecule has 4 aromatic rings. The molecule has 0 saturated carbocycles. The number of carbonyl (C=O) groups is 1. The van der Waals surface area contributed by atoms with Crippen LogP contribution >= 0.6 is 22.9 Å². The van der Waals surface area contributed by atoms with Crippen molar-refractivity contribution in [2.45, 2.75) is 40.7 Å². The third kappa shape index (κ3) is 5.30. The summed E-state index contributed by atoms with van der Waals surface area (Å²) in [5.41, 5.74) is 5.11. The molecule has 0 aliphatic carbocycles. The first kappa shape index (κ1) is 29.4. The van der Waals surface area contributed by atoms with Crippen LogP contribution in [-0.4, -0.2) is 35.4 Å². The van der Waals surface area contributed by atoms with Gasteiger partial charge < -0.3 is 18.8 Å². The Labute approximate surface area is 252 Å². The quantitative estimate of drug-likeness (QED) is 0.256. The van der Waals surface area contributed by atoms with Gasteiger partial charge in [-0.3, -0.25) is 9.36 Å². The fraction of sp³-hybridized carbons (Fsp3) is 0.281. The maximum Gasteiger partial charge on any atom is 0.338 e. The normalized spacial score (nSPS) is 14.9. The van der Waals surface area contributed by atoms with Gasteiger partial charge in [-0.2, -0.15) is 0 Å². The molecule has 1 aliphatic rings. The SMILES string of the molecule is CCOC(=O)C1=C(C)N=c2s/c(=C\c3cc(C)n(-c4ccc(OC)c(Cl)c4)c3C)c(=O)n2[C@H]1c1ccc(OCC)cc1. The average molecular weight is 606 g/mol. The number of hydrogen-bond acceptors (Lipinski definition) is 7. The summed E-state index contributed by atoms with van der Waals surface area (Å²) >= 11 is 7.71. The highest BCUT2D eigenvalue weighted by molar-refractivity contribution is 7.07. The van der Waals surface area contributed by atoms with Gasteiger partial charge in [-0.25, -0.2) is 9.79 Å². The smallest absolute Gasteiger partial charge is 0.338 e. The van der Waals surface area contributed by atoms with Gasteiger partial charge in [0.1, 0.15) is 11.5 Å². The van der Waals surface area contributed by atoms with Crippen molar-refractivity contribution in [1.29, 1.82) is 0 Å². The zero-order chi connectivity index (χ0) is 30.1. The Hall–Kier alpha value is -4.08. The summed E-state index contributed by atoms with van der Waals surface area (Å²) in [5.74, 6) is 0.818. The maximum absolute atomic E-state index is 14.0. The lowest BCUT2D eigenvalue weighted by Gasteiger charge is -2.24. The van der Waals surface area contributed by atoms with Crippen LogP contribution in [0.5, 0.6) is 11.5 Å². The van der Waals surface area contributed by atoms with Crippen LogP contribution in [0.2, 0.25) is 5.02 Å². The molecular weight excluding hydrogens is 574 g/mol. The highest BCUT2D eigenvalue weighted by atomic mass is 35.5. The molecule has 0 radical (unpaired) electrons. The van der Waals surface area contributed by atoms with E-state index in [-0.39, 0.29) is 12.2 Å². The summed E-state index contributed by atoms with van der Waals surface area (Å²) in [6, 6.07) is 14.4. The lowest BCUT2D eigenvalue weighted by atomic mass is 9.96. The number of allylic oxidation sites excluding steroid dienone is 1. The lowest BCUT2D eigenvalue weighted by molar-refractivity contribution is -0.139. The zero-order valence-electron chi connectivity index (χ0n) is 24.4. The van der Waals surface area contributed by atoms with E-state index < -0.39 is 12.0 Å². The molecular formula is C32H32ClN3O5S. The highest BCUT2D eigenvalue weighted by Gasteiger charge is 2.33. The number of hydrogen-bond donors (Lipinski definition) is 0. The Kier molecular flexibility index (Phi) is 8.43. The molecule has 42 heavy (non-hydrogen) atoms. The summed E-state index contributed by atoms with van der Waals surface area (Å²) in [7, 11) is 1.58. The number of fused-ring (bicyclic) bond motifs is 1. The second kappa shape index (κ2) is 12.0. The summed E-state index contributed by atoms with van der Waals surface area (Å²) in [6.07, 6.45) is 1.88. The number of thiazole rings is 1. The van der Waals surface area contributed by atoms with Crippen molar-refractivity contribution < 1.29 is 19.0 Å². The Morgan fingerprint density at radius 2 is 1.81 bits per heavy atom. The molecule has 0 bridgehead atoms. The van der Waals surface area contributed by atoms with Crippen LogP contribution in [0.15, 0.2) is 69.6 Å². The highest BCUT2D eigenvalue weighted by Crippen LogP contribution is 2.32. The minimum atomic E-state index is -0.688. The van der Waals surface area contributed by atoms with Crippen LogP contribution in [-0.2, 0) is 9.53 Å². The number of aromatic nitrogens is 2. The Morgan fingerprint density at radius 1 is 1.07 bits per heavy atom. The molecule has 5 rings (SSSR count). The number of halogens is 1. The van der Waals surface area contributed by atoms with Gasteiger partial charge in [0.2, 0.25) is 0 Å². The van der Waals surface area contributed by atoms with Crippen LogP contribution in [0, 0.1) is 13.8 Å². The number of benzene rings is 2. The van der Waals surface area contributed by atoms with Crippen LogP contribution in [0.25, 0.3) is 11.8 Å². The number of methoxy groups -OCH3 is 1. The molecule has 0 saturated heterocycles. The number of carbonyl (C=O) groups excluding carboxylic acids is 1. The molecule has 0 N–H and O–H groups in total. The molecule has 2 aromatic carbocycles. The van der Waals surface area contributed by atoms with Gasteiger partial charge in [-0.05, 0) is 88.2 Å². The second-order valence-corrected chi connectivity index (χ2v) is 11.2. The monoisotopic (exact) mass is 605 g/mol. The Balaban J connectivity index is 1.65. The first-order valence-electron chi connectivity index (χ1n) is 13.6. The molecule has 0 amide bonds. The molecule has 0 fully saturated rings. The standard InChI is InChI=1S/C32H32ClN3O5S/c1-7-40-24-12-9-21(10-13-24)29-28(31(38)41-8-2)19(4)34-32-36(29)30(37)27(42-32)16-22-15-18(3)35(20(22)5)23-11-14-26(39-6)25(33)17-23/h9-17,29H,7-8H2,1-6H3/b27-16-/t29-/m0/s1. The Bertz CT molecular complexity index is 1880. The predicted octanol–water partition coefficient (Wildman–Crippen LogP) is 5.27. The summed E-state index contributed by atoms with van der Waals surface area (Å²) < 4.78 is 20.5. The van der Waals surface area contributed by atoms with Crippen molar-refractivity contribution >= 4 is 35.0 Å². The summed E-state index contributed by atoms with van der Waals surface area (Å²) in [4.78, 5) is 32.4. The van der Waals surface area contributed by atoms with Crippen molar-refractivity contribution in [3.05, 3.63) is 107 Å². The van der Waals surface area contributed by atoms with E-state index in [0.29, 0.717) is 43.7 Å². The van der Waals surface area contributed by atoms with Gasteiger partial charge in [0.05, 0.1) is 47.2 Å². The molecule has 10 heteroatoms. The lowest BCUT2D eigenvalue weighted by Crippen LogP contribution is -2.39. The van der Waals surface area contributed by atoms with Gasteiger partial charge in [0, 0.05) is 17.1 Å². The van der Waals surface area contributed by atoms with E-state index in [1.165, 1.54) is 11.3 Å². The van der Waals surface area contributed by atoms with Gasteiger partial charge in [-0.1, -0.05) is 35.1 Å². The summed E-state index contributed by atoms with van der Waals surface area (Å²) in [5, 5.41) is 0.513. The second-order valence-electron chi connectivity index (χ2n) is 9.79. The molecule has 218 valence electrons. The predicted molar refractivity (Wildman–Crippen MR) is 165 cm³/mol. The average Bonchev–Trinajstić information content (AvgIpc) is 3.42. The fourth-order valence-electron chi connectivity index (χ4n) is 5.29. The minimum absolute atomic E-state index is 0.213. The number of rotatable bonds is 8. The molecule has 0 unspecified atom stereocenters. The van der Waals surface area contributed by atoms with E-state index in [4.69, 9.17) is 25.8 Å². The van der Waals surface area contributed by atoms with E-state index in [1.54, 1.807) is 25.5 Å². The van der Waals surface area contributed by atoms with E-state index in [9.17, 15) is 9.59 Å². The zero-order valence-corrected chi connectivity index (χ0v) is 25.9. The van der Waals surface area contributed by atoms with Crippen LogP contribution in [0.1, 0.15) is 49.3 Å². The van der Waals surface area contributed by atoms with Crippen molar-refractivity contribution in [3.63, 3.8) is 0 Å². The topological polar surface area (TPSA) is 84.0 Å². The summed E-state index contributed by atoms with van der Waals surface area (Å²) in [6.45, 7) is 10.2. The van der Waals surface area contributed by atoms with Crippen LogP contribution < -0.4 is 24.4 Å². The van der Waals surface area contributed by atoms with Crippen LogP contribution in [0.3, 0.4) is 0 Å². The fourth-order valence-corrected chi connectivity index (χ4v) is 6.58. The van der Waals surface area contributed by atoms with Gasteiger partial charge >= 0.3 is 5.97 Å².